The first-order valence-corrected chi connectivity index (χ1v) is 10.9. The third-order valence-electron chi connectivity index (χ3n) is 4.78. The Hall–Kier alpha value is -2.77. The molecule has 3 aromatic carbocycles. The quantitative estimate of drug-likeness (QED) is 0.218. The number of hydrogen-bond acceptors (Lipinski definition) is 5. The van der Waals surface area contributed by atoms with E-state index in [9.17, 15) is 0 Å². The Morgan fingerprint density at radius 3 is 2.37 bits per heavy atom. The van der Waals surface area contributed by atoms with Crippen molar-refractivity contribution in [3.05, 3.63) is 76.3 Å². The van der Waals surface area contributed by atoms with Crippen molar-refractivity contribution in [2.24, 2.45) is 0 Å². The fourth-order valence-electron chi connectivity index (χ4n) is 2.94. The van der Waals surface area contributed by atoms with E-state index < -0.39 is 0 Å². The van der Waals surface area contributed by atoms with Crippen LogP contribution in [0.2, 0.25) is 0 Å². The first-order chi connectivity index (χ1) is 14.5. The van der Waals surface area contributed by atoms with E-state index in [0.717, 1.165) is 37.9 Å². The number of halogens is 1. The molecule has 0 amide bonds. The van der Waals surface area contributed by atoms with E-state index in [1.807, 2.05) is 61.7 Å². The van der Waals surface area contributed by atoms with Crippen LogP contribution in [0.25, 0.3) is 16.3 Å². The Morgan fingerprint density at radius 1 is 1.00 bits per heavy atom. The first-order valence-electron chi connectivity index (χ1n) is 9.33. The second-order valence-corrected chi connectivity index (χ2v) is 8.54. The molecule has 0 saturated carbocycles. The Labute approximate surface area is 189 Å². The number of likely N-dealkylation sites (N-methyl/N-ethyl adjacent to an activating group) is 1. The maximum absolute atomic E-state index is 9.08. The van der Waals surface area contributed by atoms with Gasteiger partial charge < -0.3 is 9.08 Å². The molecule has 0 bridgehead atoms. The van der Waals surface area contributed by atoms with Crippen molar-refractivity contribution in [2.75, 3.05) is 25.1 Å². The van der Waals surface area contributed by atoms with E-state index in [4.69, 9.17) is 14.7 Å². The molecule has 0 heterocycles. The van der Waals surface area contributed by atoms with E-state index in [1.54, 1.807) is 6.92 Å². The monoisotopic (exact) mass is 477 g/mol. The lowest BCUT2D eigenvalue weighted by molar-refractivity contribution is 0.383. The summed E-state index contributed by atoms with van der Waals surface area (Å²) in [4.78, 5) is 3.23. The van der Waals surface area contributed by atoms with E-state index in [1.165, 1.54) is 12.0 Å². The number of nitriles is 2. The SMILES string of the molecule is CC(=C(C#N)C#N)c1ccc2cc(N(C)CCOSc3ccc(Br)cc3)ccc2c1. The normalized spacial score (nSPS) is 10.3. The van der Waals surface area contributed by atoms with Crippen LogP contribution in [0.15, 0.2) is 75.6 Å². The predicted molar refractivity (Wildman–Crippen MR) is 127 cm³/mol. The molecule has 0 aliphatic heterocycles. The molecule has 3 rings (SSSR count). The van der Waals surface area contributed by atoms with Crippen molar-refractivity contribution in [3.63, 3.8) is 0 Å². The maximum Gasteiger partial charge on any atom is 0.133 e. The average molecular weight is 478 g/mol. The van der Waals surface area contributed by atoms with Crippen molar-refractivity contribution in [1.29, 1.82) is 10.5 Å². The van der Waals surface area contributed by atoms with Gasteiger partial charge in [0.05, 0.1) is 6.61 Å². The number of anilines is 1. The number of allylic oxidation sites excluding steroid dienone is 2. The zero-order valence-corrected chi connectivity index (χ0v) is 19.1. The van der Waals surface area contributed by atoms with Gasteiger partial charge in [0.1, 0.15) is 17.7 Å². The van der Waals surface area contributed by atoms with Gasteiger partial charge >= 0.3 is 0 Å². The standard InChI is InChI=1S/C24H20BrN3OS/c1-17(21(15-26)16-27)18-3-4-20-14-23(8-5-19(20)13-18)28(2)11-12-29-30-24-9-6-22(25)7-10-24/h3-10,13-14H,11-12H2,1-2H3. The van der Waals surface area contributed by atoms with Crippen LogP contribution in [0, 0.1) is 22.7 Å². The van der Waals surface area contributed by atoms with Gasteiger partial charge in [-0.3, -0.25) is 0 Å². The van der Waals surface area contributed by atoms with Gasteiger partial charge in [0.25, 0.3) is 0 Å². The molecule has 0 saturated heterocycles. The number of fused-ring (bicyclic) bond motifs is 1. The smallest absolute Gasteiger partial charge is 0.133 e. The Balaban J connectivity index is 1.64. The molecule has 0 unspecified atom stereocenters. The summed E-state index contributed by atoms with van der Waals surface area (Å²) in [6, 6.07) is 24.2. The predicted octanol–water partition coefficient (Wildman–Crippen LogP) is 6.58. The fourth-order valence-corrected chi connectivity index (χ4v) is 3.75. The van der Waals surface area contributed by atoms with E-state index in [0.29, 0.717) is 12.2 Å². The first kappa shape index (κ1) is 21.9. The summed E-state index contributed by atoms with van der Waals surface area (Å²) < 4.78 is 6.78. The van der Waals surface area contributed by atoms with Gasteiger partial charge in [-0.2, -0.15) is 10.5 Å². The van der Waals surface area contributed by atoms with Crippen molar-refractivity contribution in [3.8, 4) is 12.1 Å². The maximum atomic E-state index is 9.08. The molecule has 0 radical (unpaired) electrons. The average Bonchev–Trinajstić information content (AvgIpc) is 2.77. The summed E-state index contributed by atoms with van der Waals surface area (Å²) >= 11 is 4.81. The lowest BCUT2D eigenvalue weighted by Gasteiger charge is -2.19. The van der Waals surface area contributed by atoms with Crippen LogP contribution in [-0.2, 0) is 4.18 Å². The summed E-state index contributed by atoms with van der Waals surface area (Å²) in [5.74, 6) is 0. The van der Waals surface area contributed by atoms with Crippen LogP contribution >= 0.6 is 28.0 Å². The van der Waals surface area contributed by atoms with E-state index >= 15 is 0 Å². The Kier molecular flexibility index (Phi) is 7.54. The number of benzene rings is 3. The highest BCUT2D eigenvalue weighted by Gasteiger charge is 2.07. The van der Waals surface area contributed by atoms with Gasteiger partial charge in [-0.1, -0.05) is 34.1 Å². The number of rotatable bonds is 7. The summed E-state index contributed by atoms with van der Waals surface area (Å²) in [5, 5.41) is 20.3. The molecule has 150 valence electrons. The molecular formula is C24H20BrN3OS. The number of hydrogen-bond donors (Lipinski definition) is 0. The van der Waals surface area contributed by atoms with Crippen molar-refractivity contribution in [1.82, 2.24) is 0 Å². The van der Waals surface area contributed by atoms with Crippen LogP contribution in [0.5, 0.6) is 0 Å². The van der Waals surface area contributed by atoms with Gasteiger partial charge in [0, 0.05) is 40.7 Å². The highest BCUT2D eigenvalue weighted by molar-refractivity contribution is 9.10. The second-order valence-electron chi connectivity index (χ2n) is 6.75. The fraction of sp³-hybridized carbons (Fsp3) is 0.167. The van der Waals surface area contributed by atoms with Gasteiger partial charge in [-0.05, 0) is 71.3 Å². The second kappa shape index (κ2) is 10.3. The lowest BCUT2D eigenvalue weighted by atomic mass is 9.99. The van der Waals surface area contributed by atoms with Crippen LogP contribution in [-0.4, -0.2) is 20.2 Å². The zero-order valence-electron chi connectivity index (χ0n) is 16.7. The van der Waals surface area contributed by atoms with Gasteiger partial charge in [-0.15, -0.1) is 0 Å². The lowest BCUT2D eigenvalue weighted by Crippen LogP contribution is -2.21. The molecule has 0 fully saturated rings. The van der Waals surface area contributed by atoms with Crippen molar-refractivity contribution in [2.45, 2.75) is 11.8 Å². The third-order valence-corrected chi connectivity index (χ3v) is 6.05. The van der Waals surface area contributed by atoms with E-state index in [-0.39, 0.29) is 5.57 Å². The molecule has 4 nitrogen and oxygen atoms in total. The summed E-state index contributed by atoms with van der Waals surface area (Å²) in [7, 11) is 2.04. The molecule has 0 atom stereocenters. The minimum atomic E-state index is 0.145. The van der Waals surface area contributed by atoms with Crippen molar-refractivity contribution >= 4 is 50.0 Å². The molecule has 6 heteroatoms. The van der Waals surface area contributed by atoms with Crippen LogP contribution < -0.4 is 4.90 Å². The molecule has 3 aromatic rings. The van der Waals surface area contributed by atoms with Crippen LogP contribution in [0.3, 0.4) is 0 Å². The molecule has 0 aliphatic carbocycles. The summed E-state index contributed by atoms with van der Waals surface area (Å²) in [5.41, 5.74) is 2.84. The van der Waals surface area contributed by atoms with Gasteiger partial charge in [0.2, 0.25) is 0 Å². The zero-order chi connectivity index (χ0) is 21.5. The topological polar surface area (TPSA) is 60.0 Å². The van der Waals surface area contributed by atoms with Gasteiger partial charge in [0.15, 0.2) is 0 Å². The summed E-state index contributed by atoms with van der Waals surface area (Å²) in [6.07, 6.45) is 0. The molecular weight excluding hydrogens is 458 g/mol. The molecule has 0 N–H and O–H groups in total. The highest BCUT2D eigenvalue weighted by Crippen LogP contribution is 2.27. The molecule has 30 heavy (non-hydrogen) atoms. The van der Waals surface area contributed by atoms with Crippen molar-refractivity contribution < 1.29 is 4.18 Å². The van der Waals surface area contributed by atoms with Crippen LogP contribution in [0.4, 0.5) is 5.69 Å². The number of nitrogens with zero attached hydrogens (tertiary/aromatic N) is 3. The third kappa shape index (κ3) is 5.43. The highest BCUT2D eigenvalue weighted by atomic mass is 79.9. The molecule has 0 aliphatic rings. The molecule has 0 aromatic heterocycles. The van der Waals surface area contributed by atoms with E-state index in [2.05, 4.69) is 39.0 Å². The summed E-state index contributed by atoms with van der Waals surface area (Å²) in [6.45, 7) is 3.17. The minimum absolute atomic E-state index is 0.145. The minimum Gasteiger partial charge on any atom is -0.372 e. The Morgan fingerprint density at radius 2 is 1.67 bits per heavy atom. The van der Waals surface area contributed by atoms with Crippen LogP contribution in [0.1, 0.15) is 12.5 Å². The molecule has 0 spiro atoms. The Bertz CT molecular complexity index is 1140. The largest absolute Gasteiger partial charge is 0.372 e. The van der Waals surface area contributed by atoms with Gasteiger partial charge in [-0.25, -0.2) is 0 Å².